The van der Waals surface area contributed by atoms with Crippen molar-refractivity contribution >= 4 is 109 Å². The zero-order valence-electron chi connectivity index (χ0n) is 54.8. The second kappa shape index (κ2) is 37.7. The Labute approximate surface area is 518 Å². The van der Waals surface area contributed by atoms with Gasteiger partial charge in [-0.3, -0.25) is 15.0 Å². The summed E-state index contributed by atoms with van der Waals surface area (Å²) in [7, 11) is 0. The third-order valence-electron chi connectivity index (χ3n) is 6.86. The zero-order chi connectivity index (χ0) is 63.6. The molecule has 0 aliphatic carbocycles. The first-order valence-electron chi connectivity index (χ1n) is 27.8. The molecule has 1 aromatic carbocycles. The summed E-state index contributed by atoms with van der Waals surface area (Å²) in [5.41, 5.74) is 16.5. The van der Waals surface area contributed by atoms with Crippen molar-refractivity contribution in [3.8, 4) is 0 Å². The minimum absolute atomic E-state index is 0.500. The van der Waals surface area contributed by atoms with E-state index in [9.17, 15) is 0 Å². The minimum atomic E-state index is 0.500. The molecule has 0 unspecified atom stereocenters. The highest BCUT2D eigenvalue weighted by molar-refractivity contribution is 7.17. The lowest BCUT2D eigenvalue weighted by atomic mass is 10.0. The van der Waals surface area contributed by atoms with Crippen LogP contribution in [-0.2, 0) is 0 Å². The lowest BCUT2D eigenvalue weighted by Gasteiger charge is -2.05. The van der Waals surface area contributed by atoms with Gasteiger partial charge in [0.05, 0.1) is 93.2 Å². The number of nitrogens with zero attached hydrogens (tertiary/aromatic N) is 11. The van der Waals surface area contributed by atoms with Gasteiger partial charge in [-0.25, -0.2) is 39.9 Å². The van der Waals surface area contributed by atoms with Gasteiger partial charge in [-0.1, -0.05) is 178 Å². The molecule has 0 fully saturated rings. The van der Waals surface area contributed by atoms with Gasteiger partial charge in [0, 0.05) is 49.4 Å². The maximum Gasteiger partial charge on any atom is 0.244 e. The first kappa shape index (κ1) is 75.5. The van der Waals surface area contributed by atoms with Gasteiger partial charge < -0.3 is 8.83 Å². The molecule has 0 N–H and O–H groups in total. The molecule has 0 saturated carbocycles. The minimum Gasteiger partial charge on any atom is -0.446 e. The fourth-order valence-corrected chi connectivity index (χ4v) is 6.96. The van der Waals surface area contributed by atoms with Crippen molar-refractivity contribution in [2.24, 2.45) is 32.5 Å². The van der Waals surface area contributed by atoms with Crippen molar-refractivity contribution in [1.82, 2.24) is 54.8 Å². The molecule has 456 valence electrons. The standard InChI is InChI=1S/C7H5NS.2C6H4N2O.3C6H4N2S.6C5H12/c1-2-4-7-6(3-1)8-5-9-7;1-4-9-6-5(1)7-2-3-8-6;1-2-9-6-5(1)3-7-4-8-6;2*1-2-7-3-5-6(1)9-4-8-5;1-2-7-3-6-5(1)8-4-9-6;6*1-5(2,3)4/h1-5H;5*1-4H;6*1-4H3. The van der Waals surface area contributed by atoms with Crippen LogP contribution >= 0.6 is 45.3 Å². The first-order chi connectivity index (χ1) is 38.8. The molecule has 13 nitrogen and oxygen atoms in total. The van der Waals surface area contributed by atoms with Gasteiger partial charge in [-0.2, -0.15) is 0 Å². The number of aromatic nitrogens is 11. The average molecular weight is 1220 g/mol. The van der Waals surface area contributed by atoms with Crippen LogP contribution in [0.5, 0.6) is 0 Å². The Morgan fingerprint density at radius 2 is 0.655 bits per heavy atom. The maximum absolute atomic E-state index is 4.97. The van der Waals surface area contributed by atoms with Gasteiger partial charge in [0.15, 0.2) is 0 Å². The molecule has 0 saturated heterocycles. The van der Waals surface area contributed by atoms with E-state index in [1.54, 1.807) is 114 Å². The highest BCUT2D eigenvalue weighted by Gasteiger charge is 2.00. The Kier molecular flexibility index (Phi) is 33.9. The van der Waals surface area contributed by atoms with Crippen LogP contribution in [0.2, 0.25) is 0 Å². The number of hydrogen-bond acceptors (Lipinski definition) is 17. The van der Waals surface area contributed by atoms with Crippen LogP contribution < -0.4 is 0 Å². The summed E-state index contributed by atoms with van der Waals surface area (Å²) < 4.78 is 14.7. The molecule has 0 aliphatic heterocycles. The van der Waals surface area contributed by atoms with E-state index >= 15 is 0 Å². The molecule has 12 rings (SSSR count). The van der Waals surface area contributed by atoms with E-state index in [1.807, 2.05) is 70.7 Å². The molecule has 0 radical (unpaired) electrons. The van der Waals surface area contributed by atoms with Crippen molar-refractivity contribution in [1.29, 1.82) is 0 Å². The Morgan fingerprint density at radius 1 is 0.286 bits per heavy atom. The van der Waals surface area contributed by atoms with Crippen LogP contribution in [0, 0.1) is 32.5 Å². The number of pyridine rings is 3. The van der Waals surface area contributed by atoms with Crippen molar-refractivity contribution in [3.63, 3.8) is 0 Å². The van der Waals surface area contributed by atoms with E-state index in [4.69, 9.17) is 8.83 Å². The Hall–Kier alpha value is -6.53. The molecule has 11 aromatic heterocycles. The molecule has 11 heterocycles. The SMILES string of the molecule is CC(C)(C)C.CC(C)(C)C.CC(C)(C)C.CC(C)(C)C.CC(C)(C)C.CC(C)(C)C.c1cc2ncsc2cn1.c1cc2scnc2cn1.c1cc2scnc2cn1.c1ccc2scnc2c1.c1cnc2occc2n1.c1ncc2ccoc2n1. The highest BCUT2D eigenvalue weighted by atomic mass is 32.1. The van der Waals surface area contributed by atoms with Crippen LogP contribution in [-0.4, -0.2) is 54.8 Å². The predicted molar refractivity (Wildman–Crippen MR) is 366 cm³/mol. The van der Waals surface area contributed by atoms with Crippen molar-refractivity contribution in [3.05, 3.63) is 151 Å². The molecule has 0 amide bonds. The average Bonchev–Trinajstić information content (AvgIpc) is 4.35. The summed E-state index contributed by atoms with van der Waals surface area (Å²) in [6, 6.07) is 17.6. The van der Waals surface area contributed by atoms with Gasteiger partial charge in [0.1, 0.15) is 11.8 Å². The molecule has 84 heavy (non-hydrogen) atoms. The monoisotopic (exact) mass is 1220 g/mol. The van der Waals surface area contributed by atoms with Gasteiger partial charge in [-0.05, 0) is 68.9 Å². The van der Waals surface area contributed by atoms with Crippen LogP contribution in [0.1, 0.15) is 166 Å². The molecule has 12 aromatic rings. The lowest BCUT2D eigenvalue weighted by molar-refractivity contribution is 0.469. The van der Waals surface area contributed by atoms with Crippen LogP contribution in [0.25, 0.3) is 63.2 Å². The Balaban J connectivity index is 0.000000464. The largest absolute Gasteiger partial charge is 0.446 e. The van der Waals surface area contributed by atoms with Gasteiger partial charge in [0.25, 0.3) is 0 Å². The number of benzene rings is 1. The van der Waals surface area contributed by atoms with E-state index < -0.39 is 0 Å². The van der Waals surface area contributed by atoms with Crippen molar-refractivity contribution < 1.29 is 8.83 Å². The second-order valence-corrected chi connectivity index (χ2v) is 31.8. The molecule has 0 aliphatic rings. The Morgan fingerprint density at radius 3 is 1.08 bits per heavy atom. The third kappa shape index (κ3) is 45.9. The maximum atomic E-state index is 4.97. The number of fused-ring (bicyclic) bond motifs is 6. The number of rotatable bonds is 0. The fraction of sp³-hybridized carbons (Fsp3) is 0.448. The quantitative estimate of drug-likeness (QED) is 0.141. The number of para-hydroxylation sites is 1. The smallest absolute Gasteiger partial charge is 0.244 e. The summed E-state index contributed by atoms with van der Waals surface area (Å²) in [4.78, 5) is 43.8. The molecular weight excluding hydrogens is 1120 g/mol. The summed E-state index contributed by atoms with van der Waals surface area (Å²) in [5, 5.41) is 0.942. The topological polar surface area (TPSA) is 168 Å². The van der Waals surface area contributed by atoms with Crippen molar-refractivity contribution in [2.75, 3.05) is 0 Å². The Bertz CT molecular complexity index is 2710. The first-order valence-corrected chi connectivity index (χ1v) is 31.3. The summed E-state index contributed by atoms with van der Waals surface area (Å²) in [6.07, 6.45) is 20.3. The van der Waals surface area contributed by atoms with E-state index in [0.717, 1.165) is 37.7 Å². The van der Waals surface area contributed by atoms with E-state index in [0.29, 0.717) is 43.9 Å². The van der Waals surface area contributed by atoms with Gasteiger partial charge in [0.2, 0.25) is 11.4 Å². The fourth-order valence-electron chi connectivity index (χ4n) is 4.35. The summed E-state index contributed by atoms with van der Waals surface area (Å²) in [5.74, 6) is 0. The van der Waals surface area contributed by atoms with Crippen LogP contribution in [0.3, 0.4) is 0 Å². The van der Waals surface area contributed by atoms with Gasteiger partial charge in [-0.15, -0.1) is 45.3 Å². The van der Waals surface area contributed by atoms with E-state index in [1.165, 1.54) is 20.4 Å². The number of furan rings is 2. The molecule has 17 heteroatoms. The normalized spacial score (nSPS) is 10.9. The van der Waals surface area contributed by atoms with Crippen molar-refractivity contribution in [2.45, 2.75) is 166 Å². The van der Waals surface area contributed by atoms with E-state index in [2.05, 4.69) is 227 Å². The van der Waals surface area contributed by atoms with Gasteiger partial charge >= 0.3 is 0 Å². The predicted octanol–water partition coefficient (Wildman–Crippen LogP) is 22.1. The van der Waals surface area contributed by atoms with Crippen LogP contribution in [0.4, 0.5) is 0 Å². The van der Waals surface area contributed by atoms with Crippen LogP contribution in [0.15, 0.2) is 160 Å². The lowest BCUT2D eigenvalue weighted by Crippen LogP contribution is -1.93. The zero-order valence-corrected chi connectivity index (χ0v) is 58.1. The summed E-state index contributed by atoms with van der Waals surface area (Å²) >= 11 is 6.56. The second-order valence-electron chi connectivity index (χ2n) is 28.3. The molecule has 0 atom stereocenters. The molecular formula is C67H97N11O2S4. The number of hydrogen-bond donors (Lipinski definition) is 0. The van der Waals surface area contributed by atoms with E-state index in [-0.39, 0.29) is 0 Å². The number of thiazole rings is 4. The molecule has 0 bridgehead atoms. The summed E-state index contributed by atoms with van der Waals surface area (Å²) in [6.45, 7) is 52.5. The third-order valence-corrected chi connectivity index (χ3v) is 10.1. The molecule has 0 spiro atoms. The highest BCUT2D eigenvalue weighted by Crippen LogP contribution is 2.18.